The van der Waals surface area contributed by atoms with E-state index in [0.29, 0.717) is 38.3 Å². The van der Waals surface area contributed by atoms with Gasteiger partial charge in [-0.25, -0.2) is 0 Å². The van der Waals surface area contributed by atoms with Gasteiger partial charge in [0.2, 0.25) is 0 Å². The zero-order chi connectivity index (χ0) is 20.2. The summed E-state index contributed by atoms with van der Waals surface area (Å²) in [4.78, 5) is 27.0. The van der Waals surface area contributed by atoms with Gasteiger partial charge >= 0.3 is 0 Å². The molecule has 2 aromatic carbocycles. The summed E-state index contributed by atoms with van der Waals surface area (Å²) in [5, 5.41) is 22.9. The molecule has 1 saturated heterocycles. The van der Waals surface area contributed by atoms with Crippen LogP contribution in [0.25, 0.3) is 5.69 Å². The van der Waals surface area contributed by atoms with E-state index in [-0.39, 0.29) is 11.6 Å². The molecule has 1 fully saturated rings. The number of hydrogen-bond acceptors (Lipinski definition) is 7. The fourth-order valence-corrected chi connectivity index (χ4v) is 3.32. The summed E-state index contributed by atoms with van der Waals surface area (Å²) < 4.78 is 1.71. The summed E-state index contributed by atoms with van der Waals surface area (Å²) in [6.45, 7) is 2.98. The molecule has 1 amide bonds. The van der Waals surface area contributed by atoms with Crippen molar-refractivity contribution in [2.75, 3.05) is 26.2 Å². The standard InChI is InChI=1S/C19H19N7O3/c27-19(15-5-4-8-17(13-15)26(28)29)24-11-9-23(10-12-24)14-18-20-21-22-25(18)16-6-2-1-3-7-16/h1-8,13H,9-12,14H2. The van der Waals surface area contributed by atoms with Crippen LogP contribution in [0, 0.1) is 10.1 Å². The highest BCUT2D eigenvalue weighted by molar-refractivity contribution is 5.94. The number of para-hydroxylation sites is 1. The first-order valence-electron chi connectivity index (χ1n) is 9.20. The van der Waals surface area contributed by atoms with Crippen LogP contribution in [0.4, 0.5) is 5.69 Å². The topological polar surface area (TPSA) is 110 Å². The monoisotopic (exact) mass is 393 g/mol. The molecular formula is C19H19N7O3. The van der Waals surface area contributed by atoms with Crippen molar-refractivity contribution in [3.05, 3.63) is 76.1 Å². The molecule has 1 aliphatic rings. The second kappa shape index (κ2) is 8.15. The van der Waals surface area contributed by atoms with Gasteiger partial charge in [-0.15, -0.1) is 5.10 Å². The lowest BCUT2D eigenvalue weighted by Crippen LogP contribution is -2.48. The summed E-state index contributed by atoms with van der Waals surface area (Å²) >= 11 is 0. The summed E-state index contributed by atoms with van der Waals surface area (Å²) in [5.74, 6) is 0.539. The number of nitro benzene ring substituents is 1. The second-order valence-electron chi connectivity index (χ2n) is 6.72. The average Bonchev–Trinajstić information content (AvgIpc) is 3.22. The van der Waals surface area contributed by atoms with Crippen molar-refractivity contribution in [1.29, 1.82) is 0 Å². The molecule has 148 valence electrons. The molecule has 0 radical (unpaired) electrons. The Kier molecular flexibility index (Phi) is 5.25. The molecule has 0 unspecified atom stereocenters. The molecule has 0 atom stereocenters. The van der Waals surface area contributed by atoms with E-state index < -0.39 is 4.92 Å². The number of hydrogen-bond donors (Lipinski definition) is 0. The first kappa shape index (κ1) is 18.7. The lowest BCUT2D eigenvalue weighted by Gasteiger charge is -2.34. The summed E-state index contributed by atoms with van der Waals surface area (Å²) in [5.41, 5.74) is 1.15. The maximum absolute atomic E-state index is 12.7. The van der Waals surface area contributed by atoms with E-state index in [1.54, 1.807) is 15.6 Å². The van der Waals surface area contributed by atoms with Crippen LogP contribution < -0.4 is 0 Å². The van der Waals surface area contributed by atoms with Gasteiger partial charge in [0.25, 0.3) is 11.6 Å². The van der Waals surface area contributed by atoms with E-state index in [2.05, 4.69) is 20.4 Å². The number of tetrazole rings is 1. The van der Waals surface area contributed by atoms with E-state index in [1.165, 1.54) is 18.2 Å². The molecule has 29 heavy (non-hydrogen) atoms. The predicted octanol–water partition coefficient (Wildman–Crippen LogP) is 1.53. The number of rotatable bonds is 5. The summed E-state index contributed by atoms with van der Waals surface area (Å²) in [6, 6.07) is 15.5. The molecule has 0 bridgehead atoms. The van der Waals surface area contributed by atoms with Crippen LogP contribution in [-0.2, 0) is 6.54 Å². The van der Waals surface area contributed by atoms with Crippen molar-refractivity contribution in [3.63, 3.8) is 0 Å². The lowest BCUT2D eigenvalue weighted by molar-refractivity contribution is -0.384. The van der Waals surface area contributed by atoms with E-state index >= 15 is 0 Å². The van der Waals surface area contributed by atoms with Gasteiger partial charge < -0.3 is 4.90 Å². The van der Waals surface area contributed by atoms with Crippen LogP contribution >= 0.6 is 0 Å². The van der Waals surface area contributed by atoms with Crippen LogP contribution in [0.1, 0.15) is 16.2 Å². The highest BCUT2D eigenvalue weighted by Gasteiger charge is 2.24. The van der Waals surface area contributed by atoms with Crippen LogP contribution in [0.3, 0.4) is 0 Å². The number of nitrogens with zero attached hydrogens (tertiary/aromatic N) is 7. The van der Waals surface area contributed by atoms with E-state index in [1.807, 2.05) is 30.3 Å². The zero-order valence-corrected chi connectivity index (χ0v) is 15.6. The van der Waals surface area contributed by atoms with E-state index in [4.69, 9.17) is 0 Å². The molecule has 10 heteroatoms. The minimum absolute atomic E-state index is 0.0813. The average molecular weight is 393 g/mol. The molecule has 1 aromatic heterocycles. The fraction of sp³-hybridized carbons (Fsp3) is 0.263. The fourth-order valence-electron chi connectivity index (χ4n) is 3.32. The van der Waals surface area contributed by atoms with Gasteiger partial charge in [-0.1, -0.05) is 24.3 Å². The largest absolute Gasteiger partial charge is 0.336 e. The summed E-state index contributed by atoms with van der Waals surface area (Å²) in [6.07, 6.45) is 0. The molecule has 0 spiro atoms. The smallest absolute Gasteiger partial charge is 0.270 e. The van der Waals surface area contributed by atoms with Gasteiger partial charge in [0, 0.05) is 43.9 Å². The summed E-state index contributed by atoms with van der Waals surface area (Å²) in [7, 11) is 0. The Morgan fingerprint density at radius 3 is 2.52 bits per heavy atom. The second-order valence-corrected chi connectivity index (χ2v) is 6.72. The van der Waals surface area contributed by atoms with Crippen LogP contribution in [0.5, 0.6) is 0 Å². The highest BCUT2D eigenvalue weighted by atomic mass is 16.6. The number of carbonyl (C=O) groups excluding carboxylic acids is 1. The van der Waals surface area contributed by atoms with E-state index in [0.717, 1.165) is 11.5 Å². The van der Waals surface area contributed by atoms with Crippen LogP contribution in [0.2, 0.25) is 0 Å². The van der Waals surface area contributed by atoms with Crippen molar-refractivity contribution in [3.8, 4) is 5.69 Å². The number of carbonyl (C=O) groups is 1. The Bertz CT molecular complexity index is 1010. The van der Waals surface area contributed by atoms with Crippen LogP contribution in [0.15, 0.2) is 54.6 Å². The Balaban J connectivity index is 1.38. The zero-order valence-electron chi connectivity index (χ0n) is 15.6. The molecule has 2 heterocycles. The molecule has 1 aliphatic heterocycles. The van der Waals surface area contributed by atoms with Crippen molar-refractivity contribution >= 4 is 11.6 Å². The number of benzene rings is 2. The minimum Gasteiger partial charge on any atom is -0.336 e. The molecule has 0 aliphatic carbocycles. The third-order valence-corrected chi connectivity index (χ3v) is 4.86. The third-order valence-electron chi connectivity index (χ3n) is 4.86. The van der Waals surface area contributed by atoms with Crippen molar-refractivity contribution < 1.29 is 9.72 Å². The number of nitro groups is 1. The van der Waals surface area contributed by atoms with Crippen molar-refractivity contribution in [1.82, 2.24) is 30.0 Å². The number of aromatic nitrogens is 4. The van der Waals surface area contributed by atoms with E-state index in [9.17, 15) is 14.9 Å². The molecule has 10 nitrogen and oxygen atoms in total. The van der Waals surface area contributed by atoms with Gasteiger partial charge in [-0.2, -0.15) is 4.68 Å². The van der Waals surface area contributed by atoms with Gasteiger partial charge in [0.15, 0.2) is 5.82 Å². The van der Waals surface area contributed by atoms with Crippen molar-refractivity contribution in [2.24, 2.45) is 0 Å². The Morgan fingerprint density at radius 2 is 1.79 bits per heavy atom. The normalized spacial score (nSPS) is 14.7. The van der Waals surface area contributed by atoms with Gasteiger partial charge in [-0.05, 0) is 28.6 Å². The minimum atomic E-state index is -0.494. The van der Waals surface area contributed by atoms with Gasteiger partial charge in [0.1, 0.15) is 0 Å². The predicted molar refractivity (Wildman–Crippen MR) is 103 cm³/mol. The van der Waals surface area contributed by atoms with Gasteiger partial charge in [-0.3, -0.25) is 19.8 Å². The Morgan fingerprint density at radius 1 is 1.03 bits per heavy atom. The molecule has 3 aromatic rings. The first-order chi connectivity index (χ1) is 14.1. The Labute approximate surface area is 166 Å². The maximum Gasteiger partial charge on any atom is 0.270 e. The number of amides is 1. The van der Waals surface area contributed by atoms with Crippen LogP contribution in [-0.4, -0.2) is 67.0 Å². The molecule has 4 rings (SSSR count). The maximum atomic E-state index is 12.7. The number of piperazine rings is 1. The highest BCUT2D eigenvalue weighted by Crippen LogP contribution is 2.17. The Hall–Kier alpha value is -3.66. The van der Waals surface area contributed by atoms with Gasteiger partial charge in [0.05, 0.1) is 17.2 Å². The van der Waals surface area contributed by atoms with Crippen molar-refractivity contribution in [2.45, 2.75) is 6.54 Å². The molecular weight excluding hydrogens is 374 g/mol. The lowest BCUT2D eigenvalue weighted by atomic mass is 10.1. The SMILES string of the molecule is O=C(c1cccc([N+](=O)[O-])c1)N1CCN(Cc2nnnn2-c2ccccc2)CC1. The molecule has 0 N–H and O–H groups in total. The number of non-ortho nitro benzene ring substituents is 1. The quantitative estimate of drug-likeness (QED) is 0.477. The first-order valence-corrected chi connectivity index (χ1v) is 9.20. The third kappa shape index (κ3) is 4.11. The molecule has 0 saturated carbocycles.